The largest absolute Gasteiger partial charge is 0.489 e. The molecule has 0 aliphatic rings. The van der Waals surface area contributed by atoms with Gasteiger partial charge in [-0.25, -0.2) is 0 Å². The quantitative estimate of drug-likeness (QED) is 0.164. The van der Waals surface area contributed by atoms with Crippen molar-refractivity contribution in [2.24, 2.45) is 0 Å². The van der Waals surface area contributed by atoms with E-state index in [1.807, 2.05) is 6.92 Å². The molecule has 0 spiro atoms. The zero-order chi connectivity index (χ0) is 28.6. The Kier molecular flexibility index (Phi) is 13.8. The minimum absolute atomic E-state index is 0.0692. The number of carbonyl (C=O) groups excluding carboxylic acids is 2. The van der Waals surface area contributed by atoms with Crippen LogP contribution in [0.3, 0.4) is 0 Å². The van der Waals surface area contributed by atoms with Gasteiger partial charge < -0.3 is 33.7 Å². The van der Waals surface area contributed by atoms with Gasteiger partial charge in [0, 0.05) is 38.9 Å². The maximum absolute atomic E-state index is 14.1. The van der Waals surface area contributed by atoms with Crippen LogP contribution in [0.1, 0.15) is 34.0 Å². The van der Waals surface area contributed by atoms with Gasteiger partial charge >= 0.3 is 0 Å². The zero-order valence-electron chi connectivity index (χ0n) is 23.1. The Bertz CT molecular complexity index is 1110. The molecule has 0 aromatic heterocycles. The summed E-state index contributed by atoms with van der Waals surface area (Å²) in [4.78, 5) is 29.3. The standard InChI is InChI=1S/C30H39NO8/c1-6-14-37-26-20-27(38-15-7-2)29(30(34)22-10-9-11-23(18-22)39-21-32)25(24(26)8-3)19-28(33)31(12-16-35-4)13-17-36-5/h6-7,9-11,18,20,32H,1-2,8,12-17,19,21H2,3-5H3. The smallest absolute Gasteiger partial charge is 0.227 e. The molecule has 39 heavy (non-hydrogen) atoms. The number of aliphatic hydroxyl groups is 1. The van der Waals surface area contributed by atoms with Crippen LogP contribution in [-0.2, 0) is 27.1 Å². The Morgan fingerprint density at radius 1 is 0.923 bits per heavy atom. The number of carbonyl (C=O) groups is 2. The molecule has 0 bridgehead atoms. The van der Waals surface area contributed by atoms with Crippen LogP contribution in [0.4, 0.5) is 0 Å². The third kappa shape index (κ3) is 8.95. The highest BCUT2D eigenvalue weighted by atomic mass is 16.6. The number of hydrogen-bond donors (Lipinski definition) is 1. The summed E-state index contributed by atoms with van der Waals surface area (Å²) in [6, 6.07) is 8.16. The molecule has 0 radical (unpaired) electrons. The molecule has 0 saturated heterocycles. The van der Waals surface area contributed by atoms with E-state index < -0.39 is 6.79 Å². The van der Waals surface area contributed by atoms with E-state index in [1.165, 1.54) is 0 Å². The number of nitrogens with zero attached hydrogens (tertiary/aromatic N) is 1. The highest BCUT2D eigenvalue weighted by Gasteiger charge is 2.28. The lowest BCUT2D eigenvalue weighted by Gasteiger charge is -2.25. The average molecular weight is 542 g/mol. The molecule has 2 rings (SSSR count). The fourth-order valence-corrected chi connectivity index (χ4v) is 4.07. The molecular weight excluding hydrogens is 502 g/mol. The molecule has 0 heterocycles. The van der Waals surface area contributed by atoms with Crippen molar-refractivity contribution in [1.29, 1.82) is 0 Å². The average Bonchev–Trinajstić information content (AvgIpc) is 2.94. The minimum atomic E-state index is -0.529. The van der Waals surface area contributed by atoms with Crippen LogP contribution >= 0.6 is 0 Å². The number of ketones is 1. The van der Waals surface area contributed by atoms with E-state index in [4.69, 9.17) is 23.7 Å². The van der Waals surface area contributed by atoms with Gasteiger partial charge in [-0.2, -0.15) is 0 Å². The Morgan fingerprint density at radius 2 is 1.56 bits per heavy atom. The number of aliphatic hydroxyl groups excluding tert-OH is 1. The molecule has 212 valence electrons. The first-order valence-electron chi connectivity index (χ1n) is 12.8. The van der Waals surface area contributed by atoms with E-state index in [1.54, 1.807) is 61.6 Å². The van der Waals surface area contributed by atoms with E-state index in [2.05, 4.69) is 13.2 Å². The maximum atomic E-state index is 14.1. The fourth-order valence-electron chi connectivity index (χ4n) is 4.07. The van der Waals surface area contributed by atoms with Crippen LogP contribution in [0.25, 0.3) is 0 Å². The van der Waals surface area contributed by atoms with Gasteiger partial charge in [0.25, 0.3) is 0 Å². The normalized spacial score (nSPS) is 10.6. The van der Waals surface area contributed by atoms with Crippen LogP contribution in [0.5, 0.6) is 17.2 Å². The van der Waals surface area contributed by atoms with E-state index in [0.29, 0.717) is 55.4 Å². The van der Waals surface area contributed by atoms with Crippen molar-refractivity contribution in [3.63, 3.8) is 0 Å². The summed E-state index contributed by atoms with van der Waals surface area (Å²) in [5.41, 5.74) is 1.81. The topological polar surface area (TPSA) is 104 Å². The second-order valence-corrected chi connectivity index (χ2v) is 8.43. The molecule has 9 nitrogen and oxygen atoms in total. The summed E-state index contributed by atoms with van der Waals surface area (Å²) in [7, 11) is 3.15. The van der Waals surface area contributed by atoms with Crippen molar-refractivity contribution in [2.75, 3.05) is 60.5 Å². The number of hydrogen-bond acceptors (Lipinski definition) is 8. The van der Waals surface area contributed by atoms with Gasteiger partial charge in [-0.3, -0.25) is 9.59 Å². The Balaban J connectivity index is 2.74. The van der Waals surface area contributed by atoms with Gasteiger partial charge in [0.05, 0.1) is 25.2 Å². The molecule has 0 saturated carbocycles. The molecule has 1 N–H and O–H groups in total. The van der Waals surface area contributed by atoms with Gasteiger partial charge in [0.15, 0.2) is 12.6 Å². The SMILES string of the molecule is C=CCOc1cc(OCC=C)c(C(=O)c2cccc(OCO)c2)c(CC(=O)N(CCOC)CCOC)c1CC. The van der Waals surface area contributed by atoms with Crippen molar-refractivity contribution in [1.82, 2.24) is 4.90 Å². The summed E-state index contributed by atoms with van der Waals surface area (Å²) < 4.78 is 27.5. The second kappa shape index (κ2) is 17.0. The monoisotopic (exact) mass is 541 g/mol. The van der Waals surface area contributed by atoms with E-state index in [0.717, 1.165) is 5.56 Å². The molecule has 0 atom stereocenters. The molecule has 2 aromatic rings. The van der Waals surface area contributed by atoms with Gasteiger partial charge in [-0.1, -0.05) is 44.4 Å². The third-order valence-corrected chi connectivity index (χ3v) is 5.90. The summed E-state index contributed by atoms with van der Waals surface area (Å²) in [6.45, 7) is 10.7. The predicted octanol–water partition coefficient (Wildman–Crippen LogP) is 3.60. The van der Waals surface area contributed by atoms with E-state index >= 15 is 0 Å². The van der Waals surface area contributed by atoms with Crippen LogP contribution < -0.4 is 14.2 Å². The van der Waals surface area contributed by atoms with Gasteiger partial charge in [-0.05, 0) is 29.7 Å². The summed E-state index contributed by atoms with van der Waals surface area (Å²) >= 11 is 0. The molecule has 0 fully saturated rings. The Hall–Kier alpha value is -3.66. The lowest BCUT2D eigenvalue weighted by atomic mass is 9.89. The zero-order valence-corrected chi connectivity index (χ0v) is 23.1. The van der Waals surface area contributed by atoms with Crippen molar-refractivity contribution < 1.29 is 38.4 Å². The van der Waals surface area contributed by atoms with Crippen molar-refractivity contribution in [3.8, 4) is 17.2 Å². The van der Waals surface area contributed by atoms with Crippen LogP contribution in [0, 0.1) is 0 Å². The highest BCUT2D eigenvalue weighted by Crippen LogP contribution is 2.37. The van der Waals surface area contributed by atoms with Gasteiger partial charge in [0.2, 0.25) is 5.91 Å². The summed E-state index contributed by atoms with van der Waals surface area (Å²) in [5, 5.41) is 9.18. The lowest BCUT2D eigenvalue weighted by molar-refractivity contribution is -0.131. The maximum Gasteiger partial charge on any atom is 0.227 e. The summed E-state index contributed by atoms with van der Waals surface area (Å²) in [5.74, 6) is 0.564. The van der Waals surface area contributed by atoms with Crippen LogP contribution in [-0.4, -0.2) is 82.2 Å². The molecule has 0 aliphatic heterocycles. The van der Waals surface area contributed by atoms with Gasteiger partial charge in [0.1, 0.15) is 30.5 Å². The number of rotatable bonds is 19. The number of ether oxygens (including phenoxy) is 5. The first kappa shape index (κ1) is 31.6. The molecular formula is C30H39NO8. The number of amides is 1. The molecule has 0 aliphatic carbocycles. The third-order valence-electron chi connectivity index (χ3n) is 5.90. The fraction of sp³-hybridized carbons (Fsp3) is 0.400. The number of methoxy groups -OCH3 is 2. The second-order valence-electron chi connectivity index (χ2n) is 8.43. The predicted molar refractivity (Wildman–Crippen MR) is 149 cm³/mol. The van der Waals surface area contributed by atoms with Crippen molar-refractivity contribution in [3.05, 3.63) is 77.9 Å². The number of benzene rings is 2. The van der Waals surface area contributed by atoms with Crippen LogP contribution in [0.2, 0.25) is 0 Å². The lowest BCUT2D eigenvalue weighted by Crippen LogP contribution is -2.38. The van der Waals surface area contributed by atoms with Crippen LogP contribution in [0.15, 0.2) is 55.6 Å². The molecule has 2 aromatic carbocycles. The summed E-state index contributed by atoms with van der Waals surface area (Å²) in [6.07, 6.45) is 3.63. The molecule has 0 unspecified atom stereocenters. The Morgan fingerprint density at radius 3 is 2.13 bits per heavy atom. The highest BCUT2D eigenvalue weighted by molar-refractivity contribution is 6.12. The first-order chi connectivity index (χ1) is 18.9. The molecule has 9 heteroatoms. The van der Waals surface area contributed by atoms with Crippen molar-refractivity contribution >= 4 is 11.7 Å². The van der Waals surface area contributed by atoms with Crippen molar-refractivity contribution in [2.45, 2.75) is 19.8 Å². The molecule has 1 amide bonds. The first-order valence-corrected chi connectivity index (χ1v) is 12.8. The Labute approximate surface area is 230 Å². The minimum Gasteiger partial charge on any atom is -0.489 e. The van der Waals surface area contributed by atoms with E-state index in [-0.39, 0.29) is 42.6 Å². The van der Waals surface area contributed by atoms with E-state index in [9.17, 15) is 14.7 Å². The van der Waals surface area contributed by atoms with Gasteiger partial charge in [-0.15, -0.1) is 0 Å².